The highest BCUT2D eigenvalue weighted by molar-refractivity contribution is 6.72. The molecule has 8 heteroatoms. The molecule has 0 saturated carbocycles. The Morgan fingerprint density at radius 1 is 1.11 bits per heavy atom. The van der Waals surface area contributed by atoms with Gasteiger partial charge in [-0.05, 0) is 67.1 Å². The number of carbonyl (C=O) groups is 2. The minimum Gasteiger partial charge on any atom is -0.394 e. The van der Waals surface area contributed by atoms with E-state index in [0.29, 0.717) is 19.4 Å². The summed E-state index contributed by atoms with van der Waals surface area (Å²) in [6.07, 6.45) is 2.36. The Hall–Kier alpha value is -2.55. The Balaban J connectivity index is 1.24. The molecule has 5 rings (SSSR count). The second kappa shape index (κ2) is 10.9. The summed E-state index contributed by atoms with van der Waals surface area (Å²) in [7, 11) is -3.11. The number of anilines is 1. The number of halogens is 1. The van der Waals surface area contributed by atoms with Crippen molar-refractivity contribution in [2.75, 3.05) is 18.1 Å². The number of aliphatic hydroxyl groups excluding tert-OH is 1. The molecule has 0 unspecified atom stereocenters. The summed E-state index contributed by atoms with van der Waals surface area (Å²) < 4.78 is 22.1. The predicted molar refractivity (Wildman–Crippen MR) is 148 cm³/mol. The van der Waals surface area contributed by atoms with Crippen molar-refractivity contribution >= 4 is 25.9 Å². The van der Waals surface area contributed by atoms with Crippen molar-refractivity contribution in [3.63, 3.8) is 0 Å². The molecule has 6 nitrogen and oxygen atoms in total. The van der Waals surface area contributed by atoms with Crippen molar-refractivity contribution in [1.29, 1.82) is 0 Å². The number of ether oxygens (including phenoxy) is 1. The first kappa shape index (κ1) is 27.0. The van der Waals surface area contributed by atoms with Crippen molar-refractivity contribution in [3.05, 3.63) is 65.2 Å². The maximum Gasteiger partial charge on any atom is 0.246 e. The lowest BCUT2D eigenvalue weighted by Crippen LogP contribution is -2.48. The number of aliphatic hydroxyl groups is 1. The third-order valence-electron chi connectivity index (χ3n) is 8.77. The van der Waals surface area contributed by atoms with Gasteiger partial charge in [0, 0.05) is 30.7 Å². The lowest BCUT2D eigenvalue weighted by molar-refractivity contribution is -0.138. The molecule has 3 heterocycles. The van der Waals surface area contributed by atoms with Crippen LogP contribution in [-0.4, -0.2) is 61.6 Å². The number of benzene rings is 2. The molecule has 1 N–H and O–H groups in total. The van der Waals surface area contributed by atoms with Crippen LogP contribution >= 0.6 is 0 Å². The first-order chi connectivity index (χ1) is 18.2. The molecule has 0 spiro atoms. The topological polar surface area (TPSA) is 70.1 Å². The van der Waals surface area contributed by atoms with E-state index >= 15 is 4.11 Å². The van der Waals surface area contributed by atoms with E-state index in [1.807, 2.05) is 30.3 Å². The van der Waals surface area contributed by atoms with E-state index in [2.05, 4.69) is 25.1 Å². The number of β-lactam (4-membered cyclic amide) rings is 1. The Morgan fingerprint density at radius 3 is 2.42 bits per heavy atom. The van der Waals surface area contributed by atoms with Crippen LogP contribution in [0.3, 0.4) is 0 Å². The summed E-state index contributed by atoms with van der Waals surface area (Å²) in [5, 5.41) is 10.0. The van der Waals surface area contributed by atoms with Gasteiger partial charge in [0.2, 0.25) is 20.2 Å². The smallest absolute Gasteiger partial charge is 0.246 e. The number of aryl methyl sites for hydroxylation is 1. The van der Waals surface area contributed by atoms with E-state index < -0.39 is 14.5 Å². The van der Waals surface area contributed by atoms with Crippen LogP contribution in [0.25, 0.3) is 0 Å². The molecule has 5 atom stereocenters. The zero-order chi connectivity index (χ0) is 27.0. The molecule has 38 heavy (non-hydrogen) atoms. The Morgan fingerprint density at radius 2 is 1.82 bits per heavy atom. The van der Waals surface area contributed by atoms with Crippen molar-refractivity contribution in [2.24, 2.45) is 5.92 Å². The molecule has 2 aromatic rings. The van der Waals surface area contributed by atoms with E-state index in [-0.39, 0.29) is 48.4 Å². The number of hydrogen-bond acceptors (Lipinski definition) is 4. The van der Waals surface area contributed by atoms with Gasteiger partial charge in [-0.2, -0.15) is 0 Å². The third-order valence-corrected chi connectivity index (χ3v) is 11.3. The SMILES string of the molecule is C[C@@H]1[C@@H]([Si](C)(C)F)[C@H](CC(=O)N2Cc3ccccc3C[C@H]2CO)O[C@@H]1CCc1ccc(N2CCC2=O)cc1. The van der Waals surface area contributed by atoms with Crippen molar-refractivity contribution in [2.45, 2.75) is 82.5 Å². The van der Waals surface area contributed by atoms with E-state index in [0.717, 1.165) is 36.2 Å². The van der Waals surface area contributed by atoms with E-state index in [4.69, 9.17) is 4.74 Å². The quantitative estimate of drug-likeness (QED) is 0.302. The van der Waals surface area contributed by atoms with Crippen LogP contribution < -0.4 is 4.90 Å². The molecule has 2 fully saturated rings. The molecular formula is C30H39FN2O4Si. The molecule has 204 valence electrons. The molecule has 2 aromatic carbocycles. The second-order valence-electron chi connectivity index (χ2n) is 11.7. The highest BCUT2D eigenvalue weighted by Gasteiger charge is 2.52. The van der Waals surface area contributed by atoms with Gasteiger partial charge in [0.15, 0.2) is 0 Å². The van der Waals surface area contributed by atoms with Gasteiger partial charge in [-0.15, -0.1) is 0 Å². The molecule has 0 radical (unpaired) electrons. The number of carbonyl (C=O) groups excluding carboxylic acids is 2. The lowest BCUT2D eigenvalue weighted by atomic mass is 9.93. The third kappa shape index (κ3) is 5.44. The first-order valence-corrected chi connectivity index (χ1v) is 16.8. The molecule has 0 aliphatic carbocycles. The van der Waals surface area contributed by atoms with E-state index in [1.165, 1.54) is 5.56 Å². The number of nitrogens with zero attached hydrogens (tertiary/aromatic N) is 2. The maximum absolute atomic E-state index is 15.6. The standard InChI is InChI=1S/C30H39FN2O4Si/c1-20-26(13-10-21-8-11-24(12-9-21)32-15-14-28(32)35)37-27(30(20)38(2,3)31)17-29(36)33-18-23-7-5-4-6-22(23)16-25(33)19-34/h4-9,11-12,20,25-27,30,34H,10,13-19H2,1-3H3/t20-,25-,26+,27-,30+/m0/s1. The van der Waals surface area contributed by atoms with Crippen LogP contribution in [0.15, 0.2) is 48.5 Å². The summed E-state index contributed by atoms with van der Waals surface area (Å²) in [5.41, 5.74) is 4.09. The van der Waals surface area contributed by atoms with Crippen molar-refractivity contribution in [1.82, 2.24) is 4.90 Å². The number of fused-ring (bicyclic) bond motifs is 1. The van der Waals surface area contributed by atoms with Gasteiger partial charge in [0.05, 0.1) is 31.3 Å². The minimum atomic E-state index is -3.11. The van der Waals surface area contributed by atoms with Gasteiger partial charge in [-0.1, -0.05) is 43.3 Å². The molecular weight excluding hydrogens is 499 g/mol. The van der Waals surface area contributed by atoms with Gasteiger partial charge in [0.25, 0.3) is 0 Å². The van der Waals surface area contributed by atoms with Crippen LogP contribution in [0.1, 0.15) is 42.9 Å². The fourth-order valence-electron chi connectivity index (χ4n) is 6.65. The summed E-state index contributed by atoms with van der Waals surface area (Å²) in [5.74, 6) is 0.110. The highest BCUT2D eigenvalue weighted by Crippen LogP contribution is 2.47. The average molecular weight is 539 g/mol. The minimum absolute atomic E-state index is 0.0215. The second-order valence-corrected chi connectivity index (χ2v) is 15.5. The Bertz CT molecular complexity index is 1170. The van der Waals surface area contributed by atoms with Crippen LogP contribution in [0, 0.1) is 5.92 Å². The van der Waals surface area contributed by atoms with E-state index in [9.17, 15) is 14.7 Å². The van der Waals surface area contributed by atoms with Gasteiger partial charge < -0.3 is 23.8 Å². The summed E-state index contributed by atoms with van der Waals surface area (Å²) in [6.45, 7) is 6.66. The fraction of sp³-hybridized carbons (Fsp3) is 0.533. The van der Waals surface area contributed by atoms with Crippen molar-refractivity contribution in [3.8, 4) is 0 Å². The largest absolute Gasteiger partial charge is 0.394 e. The summed E-state index contributed by atoms with van der Waals surface area (Å²) >= 11 is 0. The zero-order valence-electron chi connectivity index (χ0n) is 22.6. The van der Waals surface area contributed by atoms with Gasteiger partial charge in [-0.3, -0.25) is 9.59 Å². The molecule has 0 bridgehead atoms. The molecule has 0 aromatic heterocycles. The maximum atomic E-state index is 15.6. The van der Waals surface area contributed by atoms with Crippen LogP contribution in [0.4, 0.5) is 9.80 Å². The monoisotopic (exact) mass is 538 g/mol. The Kier molecular flexibility index (Phi) is 7.76. The lowest BCUT2D eigenvalue weighted by Gasteiger charge is -2.37. The van der Waals surface area contributed by atoms with Crippen LogP contribution in [-0.2, 0) is 33.7 Å². The molecule has 2 amide bonds. The Labute approximate surface area is 226 Å². The normalized spacial score (nSPS) is 27.3. The average Bonchev–Trinajstić information content (AvgIpc) is 3.21. The number of rotatable bonds is 8. The summed E-state index contributed by atoms with van der Waals surface area (Å²) in [4.78, 5) is 28.8. The predicted octanol–water partition coefficient (Wildman–Crippen LogP) is 4.64. The van der Waals surface area contributed by atoms with Crippen LogP contribution in [0.2, 0.25) is 18.6 Å². The van der Waals surface area contributed by atoms with Crippen molar-refractivity contribution < 1.29 is 23.5 Å². The van der Waals surface area contributed by atoms with Gasteiger partial charge >= 0.3 is 0 Å². The highest BCUT2D eigenvalue weighted by atomic mass is 28.4. The van der Waals surface area contributed by atoms with Gasteiger partial charge in [-0.25, -0.2) is 0 Å². The zero-order valence-corrected chi connectivity index (χ0v) is 23.6. The van der Waals surface area contributed by atoms with Crippen LogP contribution in [0.5, 0.6) is 0 Å². The first-order valence-electron chi connectivity index (χ1n) is 13.9. The molecule has 2 saturated heterocycles. The molecule has 3 aliphatic rings. The number of amides is 2. The summed E-state index contributed by atoms with van der Waals surface area (Å²) in [6, 6.07) is 15.8. The van der Waals surface area contributed by atoms with E-state index in [1.54, 1.807) is 22.9 Å². The molecule has 3 aliphatic heterocycles. The van der Waals surface area contributed by atoms with Gasteiger partial charge in [0.1, 0.15) is 0 Å². The number of hydrogen-bond donors (Lipinski definition) is 1. The fourth-order valence-corrected chi connectivity index (χ4v) is 9.19.